The van der Waals surface area contributed by atoms with Gasteiger partial charge in [-0.2, -0.15) is 4.31 Å². The van der Waals surface area contributed by atoms with E-state index in [-0.39, 0.29) is 16.1 Å². The van der Waals surface area contributed by atoms with Crippen LogP contribution in [-0.4, -0.2) is 14.3 Å². The van der Waals surface area contributed by atoms with E-state index in [1.54, 1.807) is 24.3 Å². The third-order valence-electron chi connectivity index (χ3n) is 4.12. The third kappa shape index (κ3) is 3.75. The molecule has 0 radical (unpaired) electrons. The van der Waals surface area contributed by atoms with Gasteiger partial charge in [0.05, 0.1) is 16.1 Å². The monoisotopic (exact) mass is 383 g/mol. The van der Waals surface area contributed by atoms with Crippen molar-refractivity contribution in [2.75, 3.05) is 4.31 Å². The van der Waals surface area contributed by atoms with Gasteiger partial charge in [-0.3, -0.25) is 4.79 Å². The van der Waals surface area contributed by atoms with Gasteiger partial charge in [0.15, 0.2) is 0 Å². The predicted molar refractivity (Wildman–Crippen MR) is 103 cm³/mol. The van der Waals surface area contributed by atoms with Gasteiger partial charge < -0.3 is 0 Å². The van der Waals surface area contributed by atoms with Crippen LogP contribution in [0.5, 0.6) is 0 Å². The molecule has 0 aliphatic carbocycles. The predicted octanol–water partition coefficient (Wildman–Crippen LogP) is 4.48. The molecule has 3 aromatic rings. The average Bonchev–Trinajstić information content (AvgIpc) is 2.64. The SMILES string of the molecule is Cc1ccc(N(C(=O)c2ccccc2F)S(=O)(=O)c2ccc(C)cc2)cc1. The lowest BCUT2D eigenvalue weighted by atomic mass is 10.2. The molecule has 138 valence electrons. The van der Waals surface area contributed by atoms with Gasteiger partial charge in [-0.1, -0.05) is 47.5 Å². The van der Waals surface area contributed by atoms with E-state index in [4.69, 9.17) is 0 Å². The highest BCUT2D eigenvalue weighted by molar-refractivity contribution is 7.93. The smallest absolute Gasteiger partial charge is 0.267 e. The summed E-state index contributed by atoms with van der Waals surface area (Å²) >= 11 is 0. The summed E-state index contributed by atoms with van der Waals surface area (Å²) in [5, 5.41) is 0. The summed E-state index contributed by atoms with van der Waals surface area (Å²) in [5.74, 6) is -1.73. The van der Waals surface area contributed by atoms with Gasteiger partial charge in [0, 0.05) is 0 Å². The maximum absolute atomic E-state index is 14.2. The number of benzene rings is 3. The maximum Gasteiger partial charge on any atom is 0.275 e. The molecule has 3 aromatic carbocycles. The Bertz CT molecular complexity index is 1080. The van der Waals surface area contributed by atoms with Crippen molar-refractivity contribution < 1.29 is 17.6 Å². The number of carbonyl (C=O) groups is 1. The minimum atomic E-state index is -4.23. The van der Waals surface area contributed by atoms with Gasteiger partial charge in [0.1, 0.15) is 5.82 Å². The first kappa shape index (κ1) is 18.8. The molecule has 0 spiro atoms. The molecule has 0 bridgehead atoms. The van der Waals surface area contributed by atoms with Crippen molar-refractivity contribution >= 4 is 21.6 Å². The molecule has 0 aliphatic heterocycles. The summed E-state index contributed by atoms with van der Waals surface area (Å²) < 4.78 is 41.3. The van der Waals surface area contributed by atoms with Crippen LogP contribution in [0.4, 0.5) is 10.1 Å². The summed E-state index contributed by atoms with van der Waals surface area (Å²) in [6.45, 7) is 3.68. The van der Waals surface area contributed by atoms with Crippen LogP contribution in [0, 0.1) is 19.7 Å². The Morgan fingerprint density at radius 1 is 0.815 bits per heavy atom. The van der Waals surface area contributed by atoms with Gasteiger partial charge in [0.25, 0.3) is 15.9 Å². The normalized spacial score (nSPS) is 11.2. The van der Waals surface area contributed by atoms with Crippen molar-refractivity contribution in [2.45, 2.75) is 18.7 Å². The minimum Gasteiger partial charge on any atom is -0.267 e. The first-order valence-electron chi connectivity index (χ1n) is 8.28. The molecule has 6 heteroatoms. The fraction of sp³-hybridized carbons (Fsp3) is 0.0952. The van der Waals surface area contributed by atoms with Crippen molar-refractivity contribution in [1.82, 2.24) is 0 Å². The van der Waals surface area contributed by atoms with Crippen LogP contribution in [0.1, 0.15) is 21.5 Å². The number of hydrogen-bond donors (Lipinski definition) is 0. The fourth-order valence-electron chi connectivity index (χ4n) is 2.61. The molecule has 0 saturated heterocycles. The molecule has 1 amide bonds. The largest absolute Gasteiger partial charge is 0.275 e. The van der Waals surface area contributed by atoms with Crippen LogP contribution in [0.25, 0.3) is 0 Å². The zero-order valence-corrected chi connectivity index (χ0v) is 15.7. The molecule has 0 heterocycles. The Morgan fingerprint density at radius 2 is 1.33 bits per heavy atom. The quantitative estimate of drug-likeness (QED) is 0.668. The topological polar surface area (TPSA) is 54.5 Å². The average molecular weight is 383 g/mol. The van der Waals surface area contributed by atoms with Crippen LogP contribution in [-0.2, 0) is 10.0 Å². The Labute approximate surface area is 157 Å². The third-order valence-corrected chi connectivity index (χ3v) is 5.84. The number of aryl methyl sites for hydroxylation is 2. The van der Waals surface area contributed by atoms with Crippen LogP contribution in [0.15, 0.2) is 77.7 Å². The number of nitrogens with zero attached hydrogens (tertiary/aromatic N) is 1. The summed E-state index contributed by atoms with van der Waals surface area (Å²) in [4.78, 5) is 13.0. The Kier molecular flexibility index (Phi) is 5.10. The zero-order valence-electron chi connectivity index (χ0n) is 14.9. The van der Waals surface area contributed by atoms with Crippen molar-refractivity contribution in [1.29, 1.82) is 0 Å². The molecule has 27 heavy (non-hydrogen) atoms. The van der Waals surface area contributed by atoms with Crippen molar-refractivity contribution in [3.63, 3.8) is 0 Å². The van der Waals surface area contributed by atoms with Crippen LogP contribution >= 0.6 is 0 Å². The van der Waals surface area contributed by atoms with Gasteiger partial charge in [-0.15, -0.1) is 0 Å². The Balaban J connectivity index is 2.18. The highest BCUT2D eigenvalue weighted by Gasteiger charge is 2.33. The molecule has 0 aliphatic rings. The number of amides is 1. The van der Waals surface area contributed by atoms with Gasteiger partial charge >= 0.3 is 0 Å². The van der Waals surface area contributed by atoms with Crippen molar-refractivity contribution in [3.8, 4) is 0 Å². The molecule has 0 unspecified atom stereocenters. The molecular weight excluding hydrogens is 365 g/mol. The molecule has 0 fully saturated rings. The highest BCUT2D eigenvalue weighted by Crippen LogP contribution is 2.27. The lowest BCUT2D eigenvalue weighted by molar-refractivity contribution is 0.100. The number of sulfonamides is 1. The summed E-state index contributed by atoms with van der Waals surface area (Å²) in [6.07, 6.45) is 0. The van der Waals surface area contributed by atoms with E-state index in [9.17, 15) is 17.6 Å². The van der Waals surface area contributed by atoms with E-state index in [1.807, 2.05) is 13.8 Å². The molecule has 0 N–H and O–H groups in total. The fourth-order valence-corrected chi connectivity index (χ4v) is 4.01. The van der Waals surface area contributed by atoms with E-state index < -0.39 is 21.7 Å². The second kappa shape index (κ2) is 7.32. The van der Waals surface area contributed by atoms with Crippen LogP contribution in [0.3, 0.4) is 0 Å². The maximum atomic E-state index is 14.2. The second-order valence-electron chi connectivity index (χ2n) is 6.20. The summed E-state index contributed by atoms with van der Waals surface area (Å²) in [5.41, 5.74) is 1.63. The first-order valence-corrected chi connectivity index (χ1v) is 9.72. The van der Waals surface area contributed by atoms with E-state index >= 15 is 0 Å². The summed E-state index contributed by atoms with van der Waals surface area (Å²) in [7, 11) is -4.23. The molecule has 0 aromatic heterocycles. The van der Waals surface area contributed by atoms with Gasteiger partial charge in [-0.05, 0) is 50.2 Å². The van der Waals surface area contributed by atoms with Gasteiger partial charge in [-0.25, -0.2) is 12.8 Å². The van der Waals surface area contributed by atoms with E-state index in [1.165, 1.54) is 42.5 Å². The molecule has 3 rings (SSSR count). The van der Waals surface area contributed by atoms with E-state index in [0.717, 1.165) is 17.2 Å². The number of rotatable bonds is 4. The van der Waals surface area contributed by atoms with Gasteiger partial charge in [0.2, 0.25) is 0 Å². The number of carbonyl (C=O) groups excluding carboxylic acids is 1. The minimum absolute atomic E-state index is 0.0432. The molecule has 4 nitrogen and oxygen atoms in total. The van der Waals surface area contributed by atoms with Crippen LogP contribution in [0.2, 0.25) is 0 Å². The highest BCUT2D eigenvalue weighted by atomic mass is 32.2. The molecule has 0 atom stereocenters. The lowest BCUT2D eigenvalue weighted by Crippen LogP contribution is -2.37. The Morgan fingerprint density at radius 3 is 1.89 bits per heavy atom. The van der Waals surface area contributed by atoms with E-state index in [2.05, 4.69) is 0 Å². The zero-order chi connectivity index (χ0) is 19.6. The van der Waals surface area contributed by atoms with Crippen LogP contribution < -0.4 is 4.31 Å². The summed E-state index contributed by atoms with van der Waals surface area (Å²) in [6, 6.07) is 17.9. The number of halogens is 1. The van der Waals surface area contributed by atoms with E-state index in [0.29, 0.717) is 4.31 Å². The second-order valence-corrected chi connectivity index (χ2v) is 7.99. The molecular formula is C21H18FNO3S. The lowest BCUT2D eigenvalue weighted by Gasteiger charge is -2.23. The number of anilines is 1. The first-order chi connectivity index (χ1) is 12.8. The Hall–Kier alpha value is -2.99. The standard InChI is InChI=1S/C21H18FNO3S/c1-15-7-11-17(12-8-15)23(21(24)19-5-3-4-6-20(19)22)27(25,26)18-13-9-16(2)10-14-18/h3-14H,1-2H3. The molecule has 0 saturated carbocycles. The van der Waals surface area contributed by atoms with Crippen molar-refractivity contribution in [3.05, 3.63) is 95.3 Å². The van der Waals surface area contributed by atoms with Crippen molar-refractivity contribution in [2.24, 2.45) is 0 Å². The number of hydrogen-bond acceptors (Lipinski definition) is 3.